The standard InChI is InChI=1S/C20H29ClN2O3SSi/c1-8-17(24)26-18-19(27-15-11-9-10-14(21)12-15)23(5)16(22-18)13-25-28(6,7)20(2,3)4/h9-12H,8,13H2,1-7H3. The van der Waals surface area contributed by atoms with E-state index in [-0.39, 0.29) is 17.4 Å². The maximum absolute atomic E-state index is 11.9. The summed E-state index contributed by atoms with van der Waals surface area (Å²) in [7, 11) is -0.0143. The fraction of sp³-hybridized carbons (Fsp3) is 0.500. The molecule has 0 unspecified atom stereocenters. The largest absolute Gasteiger partial charge is 0.409 e. The Morgan fingerprint density at radius 1 is 1.32 bits per heavy atom. The molecule has 0 saturated carbocycles. The van der Waals surface area contributed by atoms with E-state index in [2.05, 4.69) is 38.8 Å². The highest BCUT2D eigenvalue weighted by Gasteiger charge is 2.37. The lowest BCUT2D eigenvalue weighted by atomic mass is 10.2. The molecule has 1 aromatic heterocycles. The molecule has 5 nitrogen and oxygen atoms in total. The van der Waals surface area contributed by atoms with Gasteiger partial charge < -0.3 is 13.7 Å². The van der Waals surface area contributed by atoms with Crippen LogP contribution in [0.3, 0.4) is 0 Å². The Labute approximate surface area is 177 Å². The molecule has 1 aromatic carbocycles. The number of esters is 1. The Balaban J connectivity index is 2.33. The molecular weight excluding hydrogens is 412 g/mol. The topological polar surface area (TPSA) is 53.4 Å². The van der Waals surface area contributed by atoms with E-state index in [1.165, 1.54) is 11.8 Å². The first-order valence-electron chi connectivity index (χ1n) is 9.28. The van der Waals surface area contributed by atoms with Gasteiger partial charge in [-0.15, -0.1) is 0 Å². The van der Waals surface area contributed by atoms with Gasteiger partial charge >= 0.3 is 5.97 Å². The van der Waals surface area contributed by atoms with Gasteiger partial charge in [0, 0.05) is 23.4 Å². The molecule has 0 aliphatic heterocycles. The highest BCUT2D eigenvalue weighted by atomic mass is 35.5. The molecule has 0 amide bonds. The van der Waals surface area contributed by atoms with Crippen LogP contribution in [0.2, 0.25) is 23.2 Å². The SMILES string of the molecule is CCC(=O)Oc1nc(CO[Si](C)(C)C(C)(C)C)n(C)c1Sc1cccc(Cl)c1. The van der Waals surface area contributed by atoms with Crippen LogP contribution in [0.4, 0.5) is 0 Å². The normalized spacial score (nSPS) is 12.3. The summed E-state index contributed by atoms with van der Waals surface area (Å²) in [6, 6.07) is 7.54. The van der Waals surface area contributed by atoms with E-state index < -0.39 is 8.32 Å². The fourth-order valence-corrected chi connectivity index (χ4v) is 4.24. The molecule has 0 bridgehead atoms. The Kier molecular flexibility index (Phi) is 7.42. The van der Waals surface area contributed by atoms with E-state index in [0.717, 1.165) is 15.7 Å². The lowest BCUT2D eigenvalue weighted by molar-refractivity contribution is -0.134. The molecule has 0 aliphatic rings. The molecule has 28 heavy (non-hydrogen) atoms. The molecule has 0 atom stereocenters. The van der Waals surface area contributed by atoms with Crippen molar-refractivity contribution in [2.24, 2.45) is 7.05 Å². The van der Waals surface area contributed by atoms with E-state index >= 15 is 0 Å². The second-order valence-corrected chi connectivity index (χ2v) is 14.4. The summed E-state index contributed by atoms with van der Waals surface area (Å²) in [4.78, 5) is 17.4. The summed E-state index contributed by atoms with van der Waals surface area (Å²) in [6.07, 6.45) is 0.285. The van der Waals surface area contributed by atoms with E-state index in [4.69, 9.17) is 20.8 Å². The minimum atomic E-state index is -1.92. The van der Waals surface area contributed by atoms with Crippen LogP contribution in [0.5, 0.6) is 5.88 Å². The van der Waals surface area contributed by atoms with Gasteiger partial charge in [-0.3, -0.25) is 4.79 Å². The summed E-state index contributed by atoms with van der Waals surface area (Å²) < 4.78 is 13.7. The number of benzene rings is 1. The second-order valence-electron chi connectivity index (χ2n) is 8.13. The van der Waals surface area contributed by atoms with Crippen molar-refractivity contribution in [3.63, 3.8) is 0 Å². The zero-order chi connectivity index (χ0) is 21.1. The number of ether oxygens (including phenoxy) is 1. The van der Waals surface area contributed by atoms with Crippen LogP contribution in [0, 0.1) is 0 Å². The first kappa shape index (κ1) is 23.0. The van der Waals surface area contributed by atoms with Crippen LogP contribution in [0.1, 0.15) is 39.9 Å². The third kappa shape index (κ3) is 5.62. The number of hydrogen-bond donors (Lipinski definition) is 0. The second kappa shape index (κ2) is 9.03. The van der Waals surface area contributed by atoms with Gasteiger partial charge in [-0.25, -0.2) is 0 Å². The number of nitrogens with zero attached hydrogens (tertiary/aromatic N) is 2. The number of carbonyl (C=O) groups is 1. The molecule has 0 N–H and O–H groups in total. The van der Waals surface area contributed by atoms with Crippen LogP contribution in [-0.4, -0.2) is 23.8 Å². The zero-order valence-electron chi connectivity index (χ0n) is 17.6. The highest BCUT2D eigenvalue weighted by molar-refractivity contribution is 7.99. The van der Waals surface area contributed by atoms with Crippen molar-refractivity contribution in [2.75, 3.05) is 0 Å². The molecule has 1 heterocycles. The quantitative estimate of drug-likeness (QED) is 0.386. The van der Waals surface area contributed by atoms with Crippen LogP contribution >= 0.6 is 23.4 Å². The molecule has 0 saturated heterocycles. The smallest absolute Gasteiger partial charge is 0.312 e. The first-order chi connectivity index (χ1) is 12.9. The van der Waals surface area contributed by atoms with Crippen molar-refractivity contribution in [1.82, 2.24) is 9.55 Å². The summed E-state index contributed by atoms with van der Waals surface area (Å²) >= 11 is 7.57. The van der Waals surface area contributed by atoms with Crippen LogP contribution in [0.25, 0.3) is 0 Å². The monoisotopic (exact) mass is 440 g/mol. The lowest BCUT2D eigenvalue weighted by Crippen LogP contribution is -2.40. The summed E-state index contributed by atoms with van der Waals surface area (Å²) in [5, 5.41) is 1.51. The van der Waals surface area contributed by atoms with E-state index in [1.54, 1.807) is 6.92 Å². The lowest BCUT2D eigenvalue weighted by Gasteiger charge is -2.35. The van der Waals surface area contributed by atoms with Gasteiger partial charge in [-0.2, -0.15) is 4.98 Å². The average Bonchev–Trinajstić information content (AvgIpc) is 2.88. The third-order valence-electron chi connectivity index (χ3n) is 4.98. The predicted molar refractivity (Wildman–Crippen MR) is 117 cm³/mol. The van der Waals surface area contributed by atoms with Gasteiger partial charge in [0.15, 0.2) is 8.32 Å². The zero-order valence-corrected chi connectivity index (χ0v) is 20.2. The number of halogens is 1. The van der Waals surface area contributed by atoms with Crippen molar-refractivity contribution >= 4 is 37.6 Å². The van der Waals surface area contributed by atoms with Crippen LogP contribution < -0.4 is 4.74 Å². The Bertz CT molecular complexity index is 846. The number of rotatable bonds is 7. The van der Waals surface area contributed by atoms with Crippen LogP contribution in [-0.2, 0) is 22.9 Å². The van der Waals surface area contributed by atoms with Crippen molar-refractivity contribution in [3.05, 3.63) is 35.1 Å². The van der Waals surface area contributed by atoms with E-state index in [9.17, 15) is 4.79 Å². The molecule has 154 valence electrons. The molecular formula is C20H29ClN2O3SSi. The summed E-state index contributed by atoms with van der Waals surface area (Å²) in [5.74, 6) is 0.726. The molecule has 0 radical (unpaired) electrons. The number of hydrogen-bond acceptors (Lipinski definition) is 5. The Morgan fingerprint density at radius 3 is 2.57 bits per heavy atom. The van der Waals surface area contributed by atoms with E-state index in [0.29, 0.717) is 17.5 Å². The summed E-state index contributed by atoms with van der Waals surface area (Å²) in [6.45, 7) is 13.1. The molecule has 2 rings (SSSR count). The van der Waals surface area contributed by atoms with Gasteiger partial charge in [0.2, 0.25) is 0 Å². The Hall–Kier alpha value is -1.28. The van der Waals surface area contributed by atoms with E-state index in [1.807, 2.05) is 35.9 Å². The van der Waals surface area contributed by atoms with Crippen molar-refractivity contribution in [3.8, 4) is 5.88 Å². The molecule has 0 fully saturated rings. The highest BCUT2D eigenvalue weighted by Crippen LogP contribution is 2.39. The van der Waals surface area contributed by atoms with Crippen molar-refractivity contribution in [1.29, 1.82) is 0 Å². The van der Waals surface area contributed by atoms with Gasteiger partial charge in [0.05, 0.1) is 6.61 Å². The van der Waals surface area contributed by atoms with Crippen molar-refractivity contribution in [2.45, 2.75) is 68.8 Å². The average molecular weight is 441 g/mol. The number of aromatic nitrogens is 2. The Morgan fingerprint density at radius 2 is 2.00 bits per heavy atom. The number of carbonyl (C=O) groups excluding carboxylic acids is 1. The van der Waals surface area contributed by atoms with Gasteiger partial charge in [-0.1, -0.05) is 57.1 Å². The van der Waals surface area contributed by atoms with Crippen LogP contribution in [0.15, 0.2) is 34.2 Å². The van der Waals surface area contributed by atoms with Gasteiger partial charge in [0.25, 0.3) is 5.88 Å². The summed E-state index contributed by atoms with van der Waals surface area (Å²) in [5.41, 5.74) is 0. The maximum Gasteiger partial charge on any atom is 0.312 e. The minimum Gasteiger partial charge on any atom is -0.409 e. The minimum absolute atomic E-state index is 0.105. The fourth-order valence-electron chi connectivity index (χ4n) is 2.09. The molecule has 8 heteroatoms. The predicted octanol–water partition coefficient (Wildman–Crippen LogP) is 6.06. The third-order valence-corrected chi connectivity index (χ3v) is 10.8. The number of imidazole rings is 1. The van der Waals surface area contributed by atoms with Gasteiger partial charge in [-0.05, 0) is 36.3 Å². The van der Waals surface area contributed by atoms with Crippen molar-refractivity contribution < 1.29 is 14.0 Å². The first-order valence-corrected chi connectivity index (χ1v) is 13.4. The molecule has 0 spiro atoms. The maximum atomic E-state index is 11.9. The molecule has 2 aromatic rings. The van der Waals surface area contributed by atoms with Gasteiger partial charge in [0.1, 0.15) is 10.9 Å². The molecule has 0 aliphatic carbocycles.